The zero-order valence-electron chi connectivity index (χ0n) is 22.3. The van der Waals surface area contributed by atoms with Gasteiger partial charge in [-0.1, -0.05) is 5.16 Å². The smallest absolute Gasteiger partial charge is 0.352 e. The van der Waals surface area contributed by atoms with Gasteiger partial charge in [-0.05, 0) is 30.7 Å². The second kappa shape index (κ2) is 12.3. The Morgan fingerprint density at radius 3 is 2.72 bits per heavy atom. The normalized spacial score (nSPS) is 20.9. The number of aliphatic carboxylic acids is 1. The van der Waals surface area contributed by atoms with Crippen molar-refractivity contribution in [3.05, 3.63) is 69.9 Å². The molecule has 4 aliphatic heterocycles. The van der Waals surface area contributed by atoms with Crippen LogP contribution in [-0.4, -0.2) is 79.6 Å². The quantitative estimate of drug-likeness (QED) is 0.0987. The van der Waals surface area contributed by atoms with Crippen LogP contribution in [0.5, 0.6) is 0 Å². The predicted octanol–water partition coefficient (Wildman–Crippen LogP) is 0.749. The number of carboxylic acid groups (broad SMARTS) is 1. The molecule has 0 radical (unpaired) electrons. The molecule has 2 atom stereocenters. The number of azo groups is 1. The van der Waals surface area contributed by atoms with E-state index >= 15 is 0 Å². The number of nitriles is 1. The Kier molecular flexibility index (Phi) is 8.36. The van der Waals surface area contributed by atoms with Crippen LogP contribution >= 0.6 is 23.1 Å². The Balaban J connectivity index is 1.27. The molecule has 5 heterocycles. The van der Waals surface area contributed by atoms with Crippen LogP contribution in [0.1, 0.15) is 12.6 Å². The molecular formula is C25H22N10O6S2. The third-order valence-electron chi connectivity index (χ3n) is 6.30. The number of nitrogens with zero attached hydrogens (tertiary/aromatic N) is 7. The maximum Gasteiger partial charge on any atom is 0.352 e. The highest BCUT2D eigenvalue weighted by atomic mass is 32.2. The molecule has 0 aromatic carbocycles. The molecule has 0 spiro atoms. The number of hydrogen-bond donors (Lipinski definition) is 4. The average Bonchev–Trinajstić information content (AvgIpc) is 3.66. The molecule has 1 aromatic rings. The molecule has 5 rings (SSSR count). The van der Waals surface area contributed by atoms with Gasteiger partial charge in [0.25, 0.3) is 17.7 Å². The van der Waals surface area contributed by atoms with Gasteiger partial charge in [-0.3, -0.25) is 24.6 Å². The van der Waals surface area contributed by atoms with Gasteiger partial charge >= 0.3 is 5.97 Å². The number of thioether (sulfide) groups is 1. The third kappa shape index (κ3) is 5.89. The molecule has 0 aliphatic carbocycles. The van der Waals surface area contributed by atoms with Gasteiger partial charge in [-0.15, -0.1) is 33.3 Å². The number of nitrogens with one attached hydrogen (secondary N) is 2. The van der Waals surface area contributed by atoms with Crippen LogP contribution in [0.3, 0.4) is 0 Å². The number of rotatable bonds is 9. The summed E-state index contributed by atoms with van der Waals surface area (Å²) in [5.41, 5.74) is 7.16. The fourth-order valence-electron chi connectivity index (χ4n) is 4.36. The number of oxime groups is 1. The van der Waals surface area contributed by atoms with Crippen molar-refractivity contribution in [1.82, 2.24) is 25.4 Å². The minimum Gasteiger partial charge on any atom is -0.477 e. The lowest BCUT2D eigenvalue weighted by Gasteiger charge is -2.49. The number of carbonyl (C=O) groups excluding carboxylic acids is 3. The Bertz CT molecular complexity index is 1650. The first-order chi connectivity index (χ1) is 20.7. The molecule has 4 aliphatic rings. The molecule has 3 amide bonds. The van der Waals surface area contributed by atoms with Crippen molar-refractivity contribution >= 4 is 57.6 Å². The number of carboxylic acids is 1. The monoisotopic (exact) mass is 622 g/mol. The van der Waals surface area contributed by atoms with Crippen molar-refractivity contribution in [3.63, 3.8) is 0 Å². The van der Waals surface area contributed by atoms with E-state index in [0.29, 0.717) is 22.6 Å². The Morgan fingerprint density at radius 1 is 1.30 bits per heavy atom. The summed E-state index contributed by atoms with van der Waals surface area (Å²) in [5, 5.41) is 35.9. The molecule has 18 heteroatoms. The molecule has 0 bridgehead atoms. The van der Waals surface area contributed by atoms with E-state index in [4.69, 9.17) is 15.8 Å². The minimum atomic E-state index is -1.26. The number of hydrogen-bond acceptors (Lipinski definition) is 14. The van der Waals surface area contributed by atoms with Gasteiger partial charge in [0.15, 0.2) is 22.7 Å². The fraction of sp³-hybridized carbons (Fsp3) is 0.240. The van der Waals surface area contributed by atoms with E-state index in [1.807, 2.05) is 5.32 Å². The highest BCUT2D eigenvalue weighted by molar-refractivity contribution is 8.00. The van der Waals surface area contributed by atoms with Crippen molar-refractivity contribution in [2.45, 2.75) is 18.3 Å². The summed E-state index contributed by atoms with van der Waals surface area (Å²) in [7, 11) is 0. The maximum absolute atomic E-state index is 13.1. The number of fused-ring (bicyclic) bond motifs is 1. The first kappa shape index (κ1) is 29.2. The van der Waals surface area contributed by atoms with Gasteiger partial charge in [-0.25, -0.2) is 9.78 Å². The van der Waals surface area contributed by atoms with E-state index in [1.165, 1.54) is 28.9 Å². The predicted molar refractivity (Wildman–Crippen MR) is 153 cm³/mol. The van der Waals surface area contributed by atoms with Crippen molar-refractivity contribution in [1.29, 1.82) is 5.26 Å². The average molecular weight is 623 g/mol. The van der Waals surface area contributed by atoms with Crippen LogP contribution in [0.25, 0.3) is 0 Å². The zero-order valence-corrected chi connectivity index (χ0v) is 23.9. The first-order valence-electron chi connectivity index (χ1n) is 12.5. The van der Waals surface area contributed by atoms with Crippen LogP contribution in [0, 0.1) is 11.5 Å². The number of amides is 3. The Hall–Kier alpha value is -5.28. The molecule has 1 fully saturated rings. The number of anilines is 1. The zero-order chi connectivity index (χ0) is 30.7. The van der Waals surface area contributed by atoms with E-state index in [-0.39, 0.29) is 41.1 Å². The number of β-lactam (4-membered cyclic amide) rings is 1. The largest absolute Gasteiger partial charge is 0.477 e. The summed E-state index contributed by atoms with van der Waals surface area (Å²) >= 11 is 2.44. The molecule has 220 valence electrons. The molecule has 1 saturated heterocycles. The van der Waals surface area contributed by atoms with E-state index in [0.717, 1.165) is 11.3 Å². The van der Waals surface area contributed by atoms with Gasteiger partial charge < -0.3 is 25.9 Å². The van der Waals surface area contributed by atoms with Crippen molar-refractivity contribution in [2.24, 2.45) is 15.4 Å². The summed E-state index contributed by atoms with van der Waals surface area (Å²) in [6, 6.07) is -0.978. The van der Waals surface area contributed by atoms with Crippen LogP contribution in [0.2, 0.25) is 0 Å². The van der Waals surface area contributed by atoms with Crippen LogP contribution < -0.4 is 16.4 Å². The van der Waals surface area contributed by atoms with Crippen molar-refractivity contribution in [2.75, 3.05) is 24.6 Å². The molecule has 0 unspecified atom stereocenters. The maximum atomic E-state index is 13.1. The first-order valence-corrected chi connectivity index (χ1v) is 14.5. The van der Waals surface area contributed by atoms with E-state index in [9.17, 15) is 24.3 Å². The second-order valence-electron chi connectivity index (χ2n) is 8.99. The lowest BCUT2D eigenvalue weighted by atomic mass is 10.0. The number of nitrogens with two attached hydrogens (primary N) is 1. The van der Waals surface area contributed by atoms with E-state index < -0.39 is 35.1 Å². The lowest BCUT2D eigenvalue weighted by molar-refractivity contribution is -0.150. The van der Waals surface area contributed by atoms with Gasteiger partial charge in [0.1, 0.15) is 29.4 Å². The third-order valence-corrected chi connectivity index (χ3v) is 8.32. The number of carbonyl (C=O) groups is 4. The summed E-state index contributed by atoms with van der Waals surface area (Å²) in [6.07, 6.45) is 9.82. The number of nitrogen functional groups attached to an aromatic ring is 1. The Labute approximate surface area is 251 Å². The number of thiazole rings is 1. The highest BCUT2D eigenvalue weighted by Crippen LogP contribution is 2.40. The standard InChI is InChI=1S/C25H22N10O6S2/c1-2-41-33-17(16-10-43-25(27)29-16)21(37)30-18-22(38)35-19(24(39)40)13(9-42-23(18)35)8-34-5-3-12(4-6-34)14-7-15(32-31-14)20(36)28-11-26/h3-7,10,18,23H,2,8-9H2,1H3,(H2,27,29)(H,28,36)(H,30,37)(H,39,40)/b33-17-/t18-,23-/m1/s1. The molecule has 0 saturated carbocycles. The van der Waals surface area contributed by atoms with Crippen LogP contribution in [-0.2, 0) is 24.0 Å². The second-order valence-corrected chi connectivity index (χ2v) is 11.0. The SMILES string of the molecule is CCO/N=C(\C(=O)N[C@@H]1C(=O)N2C(C(=O)O)=C(CN3C=CC(=C4C=C(C(=O)NC#N)N=N4)C=C3)CS[C@H]12)c1csc(N)n1. The van der Waals surface area contributed by atoms with E-state index in [1.54, 1.807) is 41.8 Å². The summed E-state index contributed by atoms with van der Waals surface area (Å²) in [4.78, 5) is 62.3. The molecule has 16 nitrogen and oxygen atoms in total. The lowest BCUT2D eigenvalue weighted by Crippen LogP contribution is -2.71. The summed E-state index contributed by atoms with van der Waals surface area (Å²) < 4.78 is 0. The molecule has 1 aromatic heterocycles. The van der Waals surface area contributed by atoms with Gasteiger partial charge in [0.05, 0.1) is 5.70 Å². The topological polar surface area (TPSA) is 228 Å². The van der Waals surface area contributed by atoms with Gasteiger partial charge in [0.2, 0.25) is 0 Å². The van der Waals surface area contributed by atoms with Crippen LogP contribution in [0.15, 0.2) is 79.6 Å². The molecule has 43 heavy (non-hydrogen) atoms. The molecular weight excluding hydrogens is 600 g/mol. The minimum absolute atomic E-state index is 0.00217. The molecule has 5 N–H and O–H groups in total. The van der Waals surface area contributed by atoms with Gasteiger partial charge in [-0.2, -0.15) is 5.26 Å². The van der Waals surface area contributed by atoms with E-state index in [2.05, 4.69) is 25.7 Å². The number of aromatic nitrogens is 1. The van der Waals surface area contributed by atoms with Crippen molar-refractivity contribution < 1.29 is 29.1 Å². The highest BCUT2D eigenvalue weighted by Gasteiger charge is 2.54. The Morgan fingerprint density at radius 2 is 2.07 bits per heavy atom. The fourth-order valence-corrected chi connectivity index (χ4v) is 6.24. The number of allylic oxidation sites excluding steroid dienone is 4. The van der Waals surface area contributed by atoms with Crippen LogP contribution in [0.4, 0.5) is 5.13 Å². The summed E-state index contributed by atoms with van der Waals surface area (Å²) in [6.45, 7) is 2.08. The van der Waals surface area contributed by atoms with Gasteiger partial charge in [0, 0.05) is 35.7 Å². The van der Waals surface area contributed by atoms with Crippen molar-refractivity contribution in [3.8, 4) is 6.19 Å². The summed E-state index contributed by atoms with van der Waals surface area (Å²) in [5.74, 6) is -2.90.